The molecule has 0 saturated carbocycles. The highest BCUT2D eigenvalue weighted by Gasteiger charge is 2.16. The average molecular weight is 203 g/mol. The first-order valence-corrected chi connectivity index (χ1v) is 5.67. The van der Waals surface area contributed by atoms with Gasteiger partial charge in [-0.1, -0.05) is 52.3 Å². The predicted molar refractivity (Wildman–Crippen MR) is 68.2 cm³/mol. The Hall–Kier alpha value is -1.11. The molecule has 0 atom stereocenters. The summed E-state index contributed by atoms with van der Waals surface area (Å²) in [5.74, 6) is 0. The van der Waals surface area contributed by atoms with Crippen LogP contribution in [0.25, 0.3) is 0 Å². The van der Waals surface area contributed by atoms with Crippen LogP contribution in [0.3, 0.4) is 0 Å². The van der Waals surface area contributed by atoms with Gasteiger partial charge in [0.15, 0.2) is 0 Å². The van der Waals surface area contributed by atoms with Crippen molar-refractivity contribution in [1.29, 1.82) is 0 Å². The molecule has 82 valence electrons. The van der Waals surface area contributed by atoms with Crippen LogP contribution in [0.1, 0.15) is 46.1 Å². The zero-order valence-electron chi connectivity index (χ0n) is 10.2. The van der Waals surface area contributed by atoms with Crippen LogP contribution in [-0.2, 0) is 5.41 Å². The van der Waals surface area contributed by atoms with Gasteiger partial charge in [-0.3, -0.25) is 4.99 Å². The maximum Gasteiger partial charge on any atom is 0.0662 e. The largest absolute Gasteiger partial charge is 0.261 e. The number of hydrogen-bond acceptors (Lipinski definition) is 1. The summed E-state index contributed by atoms with van der Waals surface area (Å²) in [4.78, 5) is 4.54. The molecular formula is C14H21N. The van der Waals surface area contributed by atoms with E-state index in [-0.39, 0.29) is 5.41 Å². The third kappa shape index (κ3) is 3.50. The van der Waals surface area contributed by atoms with E-state index in [4.69, 9.17) is 0 Å². The van der Waals surface area contributed by atoms with E-state index >= 15 is 0 Å². The number of benzene rings is 1. The van der Waals surface area contributed by atoms with Crippen molar-refractivity contribution in [2.75, 3.05) is 0 Å². The minimum Gasteiger partial charge on any atom is -0.261 e. The standard InChI is InChI=1S/C14H21N/c1-5-6-11-15-13-10-8-7-9-12(13)14(2,3)4/h7-11H,5-6H2,1-4H3. The second kappa shape index (κ2) is 5.11. The second-order valence-corrected chi connectivity index (χ2v) is 4.87. The first kappa shape index (κ1) is 12.0. The fraction of sp³-hybridized carbons (Fsp3) is 0.500. The number of aliphatic imine (C=N–C) groups is 1. The summed E-state index contributed by atoms with van der Waals surface area (Å²) in [5, 5.41) is 0. The van der Waals surface area contributed by atoms with Crippen LogP contribution in [-0.4, -0.2) is 6.21 Å². The Bertz CT molecular complexity index is 331. The highest BCUT2D eigenvalue weighted by atomic mass is 14.7. The van der Waals surface area contributed by atoms with Crippen molar-refractivity contribution in [1.82, 2.24) is 0 Å². The number of rotatable bonds is 3. The second-order valence-electron chi connectivity index (χ2n) is 4.87. The molecule has 15 heavy (non-hydrogen) atoms. The van der Waals surface area contributed by atoms with Crippen molar-refractivity contribution < 1.29 is 0 Å². The van der Waals surface area contributed by atoms with E-state index in [1.807, 2.05) is 12.3 Å². The summed E-state index contributed by atoms with van der Waals surface area (Å²) in [6.45, 7) is 8.84. The molecule has 0 bridgehead atoms. The maximum absolute atomic E-state index is 4.54. The minimum absolute atomic E-state index is 0.167. The van der Waals surface area contributed by atoms with Crippen molar-refractivity contribution in [3.05, 3.63) is 29.8 Å². The van der Waals surface area contributed by atoms with Crippen LogP contribution >= 0.6 is 0 Å². The molecule has 1 aromatic rings. The first-order chi connectivity index (χ1) is 7.05. The maximum atomic E-state index is 4.54. The molecule has 0 radical (unpaired) electrons. The van der Waals surface area contributed by atoms with Crippen molar-refractivity contribution in [3.8, 4) is 0 Å². The van der Waals surface area contributed by atoms with Crippen molar-refractivity contribution in [3.63, 3.8) is 0 Å². The molecule has 1 rings (SSSR count). The lowest BCUT2D eigenvalue weighted by molar-refractivity contribution is 0.591. The Morgan fingerprint density at radius 1 is 1.20 bits per heavy atom. The lowest BCUT2D eigenvalue weighted by Gasteiger charge is -2.20. The van der Waals surface area contributed by atoms with Gasteiger partial charge in [0.05, 0.1) is 5.69 Å². The van der Waals surface area contributed by atoms with E-state index in [1.54, 1.807) is 0 Å². The van der Waals surface area contributed by atoms with Crippen molar-refractivity contribution >= 4 is 11.9 Å². The van der Waals surface area contributed by atoms with E-state index in [2.05, 4.69) is 50.9 Å². The summed E-state index contributed by atoms with van der Waals surface area (Å²) in [7, 11) is 0. The fourth-order valence-corrected chi connectivity index (χ4v) is 1.51. The van der Waals surface area contributed by atoms with E-state index < -0.39 is 0 Å². The molecule has 0 aliphatic heterocycles. The molecule has 0 aliphatic rings. The Balaban J connectivity index is 2.97. The monoisotopic (exact) mass is 203 g/mol. The van der Waals surface area contributed by atoms with Gasteiger partial charge in [-0.05, 0) is 23.5 Å². The minimum atomic E-state index is 0.167. The fourth-order valence-electron chi connectivity index (χ4n) is 1.51. The van der Waals surface area contributed by atoms with Crippen LogP contribution in [0, 0.1) is 0 Å². The van der Waals surface area contributed by atoms with Crippen LogP contribution < -0.4 is 0 Å². The van der Waals surface area contributed by atoms with E-state index in [0.29, 0.717) is 0 Å². The van der Waals surface area contributed by atoms with E-state index in [1.165, 1.54) is 5.56 Å². The number of hydrogen-bond donors (Lipinski definition) is 0. The molecule has 0 fully saturated rings. The number of nitrogens with zero attached hydrogens (tertiary/aromatic N) is 1. The molecule has 1 aromatic carbocycles. The van der Waals surface area contributed by atoms with Gasteiger partial charge >= 0.3 is 0 Å². The van der Waals surface area contributed by atoms with Gasteiger partial charge in [0, 0.05) is 6.21 Å². The van der Waals surface area contributed by atoms with Gasteiger partial charge in [0.1, 0.15) is 0 Å². The molecule has 0 N–H and O–H groups in total. The lowest BCUT2D eigenvalue weighted by atomic mass is 9.86. The van der Waals surface area contributed by atoms with Gasteiger partial charge in [-0.2, -0.15) is 0 Å². The Morgan fingerprint density at radius 2 is 1.87 bits per heavy atom. The number of para-hydroxylation sites is 1. The molecule has 0 saturated heterocycles. The first-order valence-electron chi connectivity index (χ1n) is 5.67. The molecule has 0 spiro atoms. The van der Waals surface area contributed by atoms with Gasteiger partial charge in [0.2, 0.25) is 0 Å². The van der Waals surface area contributed by atoms with Gasteiger partial charge in [0.25, 0.3) is 0 Å². The summed E-state index contributed by atoms with van der Waals surface area (Å²) in [6, 6.07) is 8.39. The molecule has 0 heterocycles. The third-order valence-electron chi connectivity index (χ3n) is 2.36. The molecule has 0 aromatic heterocycles. The van der Waals surface area contributed by atoms with Crippen LogP contribution in [0.4, 0.5) is 5.69 Å². The zero-order valence-corrected chi connectivity index (χ0v) is 10.2. The SMILES string of the molecule is CCCC=Nc1ccccc1C(C)(C)C. The smallest absolute Gasteiger partial charge is 0.0662 e. The Labute approximate surface area is 93.2 Å². The molecule has 0 aliphatic carbocycles. The third-order valence-corrected chi connectivity index (χ3v) is 2.36. The summed E-state index contributed by atoms with van der Waals surface area (Å²) < 4.78 is 0. The van der Waals surface area contributed by atoms with E-state index in [9.17, 15) is 0 Å². The summed E-state index contributed by atoms with van der Waals surface area (Å²) in [6.07, 6.45) is 4.23. The molecule has 0 amide bonds. The molecule has 1 heteroatoms. The Morgan fingerprint density at radius 3 is 2.47 bits per heavy atom. The van der Waals surface area contributed by atoms with Gasteiger partial charge in [-0.15, -0.1) is 0 Å². The zero-order chi connectivity index (χ0) is 11.3. The molecule has 0 unspecified atom stereocenters. The average Bonchev–Trinajstić information content (AvgIpc) is 2.17. The van der Waals surface area contributed by atoms with E-state index in [0.717, 1.165) is 18.5 Å². The summed E-state index contributed by atoms with van der Waals surface area (Å²) in [5.41, 5.74) is 2.59. The van der Waals surface area contributed by atoms with Gasteiger partial charge in [-0.25, -0.2) is 0 Å². The predicted octanol–water partition coefficient (Wildman–Crippen LogP) is 4.49. The topological polar surface area (TPSA) is 12.4 Å². The Kier molecular flexibility index (Phi) is 4.07. The van der Waals surface area contributed by atoms with Crippen molar-refractivity contribution in [2.24, 2.45) is 4.99 Å². The number of unbranched alkanes of at least 4 members (excludes halogenated alkanes) is 1. The molecule has 1 nitrogen and oxygen atoms in total. The summed E-state index contributed by atoms with van der Waals surface area (Å²) >= 11 is 0. The highest BCUT2D eigenvalue weighted by molar-refractivity contribution is 5.65. The van der Waals surface area contributed by atoms with Crippen molar-refractivity contribution in [2.45, 2.75) is 46.0 Å². The molecular weight excluding hydrogens is 182 g/mol. The van der Waals surface area contributed by atoms with Crippen LogP contribution in [0.5, 0.6) is 0 Å². The van der Waals surface area contributed by atoms with Crippen LogP contribution in [0.2, 0.25) is 0 Å². The van der Waals surface area contributed by atoms with Gasteiger partial charge < -0.3 is 0 Å². The highest BCUT2D eigenvalue weighted by Crippen LogP contribution is 2.30. The quantitative estimate of drug-likeness (QED) is 0.642. The van der Waals surface area contributed by atoms with Crippen LogP contribution in [0.15, 0.2) is 29.3 Å². The normalized spacial score (nSPS) is 12.3. The lowest BCUT2D eigenvalue weighted by Crippen LogP contribution is -2.10.